The summed E-state index contributed by atoms with van der Waals surface area (Å²) in [6.45, 7) is 4.93. The van der Waals surface area contributed by atoms with Gasteiger partial charge in [0.15, 0.2) is 0 Å². The van der Waals surface area contributed by atoms with Crippen molar-refractivity contribution in [1.82, 2.24) is 4.72 Å². The van der Waals surface area contributed by atoms with Crippen LogP contribution in [0, 0.1) is 5.41 Å². The monoisotopic (exact) mass is 340 g/mol. The van der Waals surface area contributed by atoms with E-state index in [-0.39, 0.29) is 23.8 Å². The molecule has 6 nitrogen and oxygen atoms in total. The fourth-order valence-electron chi connectivity index (χ4n) is 2.51. The van der Waals surface area contributed by atoms with Crippen LogP contribution in [0.1, 0.15) is 42.6 Å². The second-order valence-corrected chi connectivity index (χ2v) is 8.65. The Balaban J connectivity index is 1.89. The van der Waals surface area contributed by atoms with Crippen molar-refractivity contribution in [2.45, 2.75) is 39.3 Å². The topological polar surface area (TPSA) is 98.5 Å². The molecule has 23 heavy (non-hydrogen) atoms. The Hall–Kier alpha value is -1.44. The maximum absolute atomic E-state index is 12.2. The van der Waals surface area contributed by atoms with Gasteiger partial charge in [0, 0.05) is 12.1 Å². The summed E-state index contributed by atoms with van der Waals surface area (Å²) in [5.41, 5.74) is 6.38. The molecule has 0 saturated carbocycles. The Morgan fingerprint density at radius 2 is 2.17 bits per heavy atom. The highest BCUT2D eigenvalue weighted by atomic mass is 32.2. The first-order valence-corrected chi connectivity index (χ1v) is 9.30. The second-order valence-electron chi connectivity index (χ2n) is 6.80. The predicted molar refractivity (Wildman–Crippen MR) is 88.3 cm³/mol. The van der Waals surface area contributed by atoms with E-state index in [1.54, 1.807) is 24.3 Å². The molecule has 1 aromatic rings. The standard InChI is InChI=1S/C16H24N2O4S/c1-16(2)7-6-14(22-11-16)10-23(20,21)18-9-12-4-3-5-13(8-12)15(17)19/h3-5,8,14,18H,6-7,9-11H2,1-2H3,(H2,17,19). The lowest BCUT2D eigenvalue weighted by Gasteiger charge is -2.34. The lowest BCUT2D eigenvalue weighted by molar-refractivity contribution is -0.0371. The van der Waals surface area contributed by atoms with Gasteiger partial charge in [-0.25, -0.2) is 13.1 Å². The van der Waals surface area contributed by atoms with E-state index in [1.807, 2.05) is 0 Å². The van der Waals surface area contributed by atoms with Crippen molar-refractivity contribution in [3.05, 3.63) is 35.4 Å². The second kappa shape index (κ2) is 6.98. The van der Waals surface area contributed by atoms with Crippen molar-refractivity contribution < 1.29 is 17.9 Å². The molecule has 0 radical (unpaired) electrons. The van der Waals surface area contributed by atoms with Gasteiger partial charge >= 0.3 is 0 Å². The molecule has 1 saturated heterocycles. The summed E-state index contributed by atoms with van der Waals surface area (Å²) in [4.78, 5) is 11.1. The average molecular weight is 340 g/mol. The molecule has 1 aromatic carbocycles. The van der Waals surface area contributed by atoms with Crippen LogP contribution in [-0.2, 0) is 21.3 Å². The number of hydrogen-bond donors (Lipinski definition) is 2. The number of nitrogens with two attached hydrogens (primary N) is 1. The predicted octanol–water partition coefficient (Wildman–Crippen LogP) is 1.41. The molecule has 0 bridgehead atoms. The van der Waals surface area contributed by atoms with Gasteiger partial charge in [-0.15, -0.1) is 0 Å². The summed E-state index contributed by atoms with van der Waals surface area (Å²) in [6, 6.07) is 6.60. The van der Waals surface area contributed by atoms with Crippen LogP contribution < -0.4 is 10.5 Å². The Kier molecular flexibility index (Phi) is 5.44. The highest BCUT2D eigenvalue weighted by Crippen LogP contribution is 2.30. The molecule has 0 spiro atoms. The van der Waals surface area contributed by atoms with Gasteiger partial charge in [-0.1, -0.05) is 26.0 Å². The zero-order chi connectivity index (χ0) is 17.1. The van der Waals surface area contributed by atoms with Crippen LogP contribution in [0.15, 0.2) is 24.3 Å². The molecule has 1 aliphatic rings. The summed E-state index contributed by atoms with van der Waals surface area (Å²) < 4.78 is 32.5. The zero-order valence-electron chi connectivity index (χ0n) is 13.5. The number of ether oxygens (including phenoxy) is 1. The molecule has 0 aromatic heterocycles. The number of amides is 1. The van der Waals surface area contributed by atoms with Crippen LogP contribution >= 0.6 is 0 Å². The van der Waals surface area contributed by atoms with Crippen molar-refractivity contribution in [3.63, 3.8) is 0 Å². The van der Waals surface area contributed by atoms with Gasteiger partial charge in [-0.3, -0.25) is 4.79 Å². The van der Waals surface area contributed by atoms with Crippen LogP contribution in [0.25, 0.3) is 0 Å². The first-order chi connectivity index (χ1) is 10.7. The number of nitrogens with one attached hydrogen (secondary N) is 1. The summed E-state index contributed by atoms with van der Waals surface area (Å²) in [7, 11) is -3.44. The molecular formula is C16H24N2O4S. The normalized spacial score (nSPS) is 21.0. The van der Waals surface area contributed by atoms with Gasteiger partial charge in [0.05, 0.1) is 18.5 Å². The van der Waals surface area contributed by atoms with Gasteiger partial charge in [0.1, 0.15) is 0 Å². The summed E-state index contributed by atoms with van der Waals surface area (Å²) in [5.74, 6) is -0.577. The number of primary amides is 1. The van der Waals surface area contributed by atoms with Crippen LogP contribution in [0.5, 0.6) is 0 Å². The van der Waals surface area contributed by atoms with Gasteiger partial charge in [-0.05, 0) is 36.0 Å². The van der Waals surface area contributed by atoms with E-state index < -0.39 is 15.9 Å². The number of hydrogen-bond acceptors (Lipinski definition) is 4. The highest BCUT2D eigenvalue weighted by Gasteiger charge is 2.30. The maximum atomic E-state index is 12.2. The first-order valence-electron chi connectivity index (χ1n) is 7.65. The third kappa shape index (κ3) is 5.60. The van der Waals surface area contributed by atoms with E-state index in [0.717, 1.165) is 12.8 Å². The largest absolute Gasteiger partial charge is 0.377 e. The van der Waals surface area contributed by atoms with Crippen LogP contribution in [0.4, 0.5) is 0 Å². The molecule has 1 heterocycles. The fraction of sp³-hybridized carbons (Fsp3) is 0.562. The Morgan fingerprint density at radius 1 is 1.43 bits per heavy atom. The smallest absolute Gasteiger partial charge is 0.248 e. The Bertz CT molecular complexity index is 660. The summed E-state index contributed by atoms with van der Waals surface area (Å²) in [6.07, 6.45) is 1.43. The molecule has 1 fully saturated rings. The van der Waals surface area contributed by atoms with E-state index in [1.165, 1.54) is 0 Å². The van der Waals surface area contributed by atoms with E-state index in [9.17, 15) is 13.2 Å². The Labute approximate surface area is 137 Å². The first kappa shape index (κ1) is 17.9. The average Bonchev–Trinajstić information content (AvgIpc) is 2.48. The van der Waals surface area contributed by atoms with Crippen molar-refractivity contribution in [2.75, 3.05) is 12.4 Å². The third-order valence-corrected chi connectivity index (χ3v) is 5.36. The SMILES string of the molecule is CC1(C)CCC(CS(=O)(=O)NCc2cccc(C(N)=O)c2)OC1. The molecule has 3 N–H and O–H groups in total. The lowest BCUT2D eigenvalue weighted by Crippen LogP contribution is -2.39. The molecular weight excluding hydrogens is 316 g/mol. The number of carbonyl (C=O) groups excluding carboxylic acids is 1. The molecule has 7 heteroatoms. The number of sulfonamides is 1. The van der Waals surface area contributed by atoms with Crippen LogP contribution in [0.3, 0.4) is 0 Å². The quantitative estimate of drug-likeness (QED) is 0.818. The Morgan fingerprint density at radius 3 is 2.78 bits per heavy atom. The van der Waals surface area contributed by atoms with E-state index >= 15 is 0 Å². The van der Waals surface area contributed by atoms with Crippen molar-refractivity contribution in [2.24, 2.45) is 11.1 Å². The van der Waals surface area contributed by atoms with Crippen molar-refractivity contribution in [3.8, 4) is 0 Å². The van der Waals surface area contributed by atoms with E-state index in [4.69, 9.17) is 10.5 Å². The summed E-state index contributed by atoms with van der Waals surface area (Å²) in [5, 5.41) is 0. The third-order valence-electron chi connectivity index (χ3n) is 3.97. The van der Waals surface area contributed by atoms with Crippen molar-refractivity contribution in [1.29, 1.82) is 0 Å². The van der Waals surface area contributed by atoms with Gasteiger partial charge in [-0.2, -0.15) is 0 Å². The number of carbonyl (C=O) groups is 1. The van der Waals surface area contributed by atoms with Crippen LogP contribution in [0.2, 0.25) is 0 Å². The molecule has 1 amide bonds. The molecule has 1 atom stereocenters. The zero-order valence-corrected chi connectivity index (χ0v) is 14.4. The van der Waals surface area contributed by atoms with E-state index in [2.05, 4.69) is 18.6 Å². The molecule has 0 aliphatic carbocycles. The van der Waals surface area contributed by atoms with Gasteiger partial charge < -0.3 is 10.5 Å². The molecule has 1 unspecified atom stereocenters. The minimum Gasteiger partial charge on any atom is -0.377 e. The van der Waals surface area contributed by atoms with Crippen LogP contribution in [-0.4, -0.2) is 32.8 Å². The minimum absolute atomic E-state index is 0.0431. The lowest BCUT2D eigenvalue weighted by atomic mass is 9.86. The molecule has 1 aliphatic heterocycles. The molecule has 128 valence electrons. The molecule has 2 rings (SSSR count). The number of rotatable bonds is 6. The number of benzene rings is 1. The van der Waals surface area contributed by atoms with E-state index in [0.29, 0.717) is 17.7 Å². The highest BCUT2D eigenvalue weighted by molar-refractivity contribution is 7.89. The van der Waals surface area contributed by atoms with Crippen molar-refractivity contribution >= 4 is 15.9 Å². The summed E-state index contributed by atoms with van der Waals surface area (Å²) >= 11 is 0. The van der Waals surface area contributed by atoms with Gasteiger partial charge in [0.25, 0.3) is 0 Å². The van der Waals surface area contributed by atoms with Gasteiger partial charge in [0.2, 0.25) is 15.9 Å². The fourth-order valence-corrected chi connectivity index (χ4v) is 3.77. The maximum Gasteiger partial charge on any atom is 0.248 e. The minimum atomic E-state index is -3.44.